The van der Waals surface area contributed by atoms with Gasteiger partial charge in [0.2, 0.25) is 5.82 Å². The van der Waals surface area contributed by atoms with Gasteiger partial charge in [0, 0.05) is 56.5 Å². The van der Waals surface area contributed by atoms with E-state index in [4.69, 9.17) is 0 Å². The predicted octanol–water partition coefficient (Wildman–Crippen LogP) is 3.86. The van der Waals surface area contributed by atoms with E-state index in [2.05, 4.69) is 30.9 Å². The van der Waals surface area contributed by atoms with E-state index in [1.165, 1.54) is 12.1 Å². The maximum Gasteiger partial charge on any atom is 0.354 e. The van der Waals surface area contributed by atoms with Crippen LogP contribution < -0.4 is 9.80 Å². The van der Waals surface area contributed by atoms with Crippen molar-refractivity contribution in [3.8, 4) is 0 Å². The summed E-state index contributed by atoms with van der Waals surface area (Å²) >= 11 is 0. The van der Waals surface area contributed by atoms with Gasteiger partial charge in [0.25, 0.3) is 5.91 Å². The Kier molecular flexibility index (Phi) is 5.76. The summed E-state index contributed by atoms with van der Waals surface area (Å²) in [5.74, 6) is 0.450. The molecule has 11 heteroatoms. The van der Waals surface area contributed by atoms with Crippen LogP contribution in [0.4, 0.5) is 15.9 Å². The van der Waals surface area contributed by atoms with E-state index in [0.717, 1.165) is 55.8 Å². The third kappa shape index (κ3) is 4.24. The molecule has 1 aliphatic carbocycles. The quantitative estimate of drug-likeness (QED) is 0.379. The minimum Gasteiger partial charge on any atom is -0.477 e. The van der Waals surface area contributed by atoms with Crippen molar-refractivity contribution in [3.63, 3.8) is 0 Å². The van der Waals surface area contributed by atoms with Crippen molar-refractivity contribution in [2.24, 2.45) is 17.3 Å². The Morgan fingerprint density at radius 1 is 0.977 bits per heavy atom. The standard InChI is InChI=1S/C32H32FN7O3/c1-19-10-24(39-17-32(18-39)9-8-25(32)20-4-2-5-23(33)11-20)16-40-29(19)35-28(36-40)30(41)38-14-21-12-37(13-22(21)15-38)27-7-3-6-26(34-27)31(42)43/h2-7,10-11,16,21-22,25H,8-9,12-15,17-18H2,1H3,(H,42,43). The summed E-state index contributed by atoms with van der Waals surface area (Å²) in [6, 6.07) is 14.2. The highest BCUT2D eigenvalue weighted by Gasteiger charge is 2.55. The van der Waals surface area contributed by atoms with Gasteiger partial charge in [0.1, 0.15) is 11.6 Å². The fraction of sp³-hybridized carbons (Fsp3) is 0.406. The molecular weight excluding hydrogens is 549 g/mol. The van der Waals surface area contributed by atoms with Gasteiger partial charge in [-0.3, -0.25) is 4.79 Å². The lowest BCUT2D eigenvalue weighted by molar-refractivity contribution is 0.0518. The summed E-state index contributed by atoms with van der Waals surface area (Å²) in [4.78, 5) is 40.1. The average Bonchev–Trinajstić information content (AvgIpc) is 3.66. The van der Waals surface area contributed by atoms with Crippen LogP contribution in [0.25, 0.3) is 5.65 Å². The fourth-order valence-electron chi connectivity index (χ4n) is 7.82. The van der Waals surface area contributed by atoms with E-state index in [0.29, 0.717) is 30.5 Å². The van der Waals surface area contributed by atoms with E-state index in [-0.39, 0.29) is 40.5 Å². The highest BCUT2D eigenvalue weighted by Crippen LogP contribution is 2.58. The highest BCUT2D eigenvalue weighted by atomic mass is 19.1. The molecule has 3 aromatic heterocycles. The molecule has 3 atom stereocenters. The van der Waals surface area contributed by atoms with Crippen LogP contribution in [0.2, 0.25) is 0 Å². The van der Waals surface area contributed by atoms with Gasteiger partial charge in [-0.2, -0.15) is 0 Å². The molecule has 1 amide bonds. The smallest absolute Gasteiger partial charge is 0.354 e. The average molecular weight is 582 g/mol. The van der Waals surface area contributed by atoms with Crippen LogP contribution in [0.5, 0.6) is 0 Å². The van der Waals surface area contributed by atoms with Gasteiger partial charge < -0.3 is 19.8 Å². The fourth-order valence-corrected chi connectivity index (χ4v) is 7.82. The minimum atomic E-state index is -1.04. The van der Waals surface area contributed by atoms with E-state index < -0.39 is 5.97 Å². The molecule has 4 aromatic rings. The summed E-state index contributed by atoms with van der Waals surface area (Å²) in [7, 11) is 0. The number of carboxylic acid groups (broad SMARTS) is 1. The van der Waals surface area contributed by atoms with Gasteiger partial charge in [-0.15, -0.1) is 5.10 Å². The summed E-state index contributed by atoms with van der Waals surface area (Å²) in [6.45, 7) is 6.51. The van der Waals surface area contributed by atoms with Gasteiger partial charge in [-0.05, 0) is 67.1 Å². The molecular formula is C32H32FN7O3. The molecule has 1 spiro atoms. The number of pyridine rings is 2. The summed E-state index contributed by atoms with van der Waals surface area (Å²) in [6.07, 6.45) is 4.20. The molecule has 220 valence electrons. The van der Waals surface area contributed by atoms with Crippen molar-refractivity contribution >= 4 is 29.0 Å². The van der Waals surface area contributed by atoms with Gasteiger partial charge >= 0.3 is 5.97 Å². The Balaban J connectivity index is 0.941. The number of fused-ring (bicyclic) bond motifs is 2. The molecule has 1 N–H and O–H groups in total. The SMILES string of the molecule is Cc1cc(N2CC3(CCC3c3cccc(F)c3)C2)cn2nc(C(=O)N3CC4CN(c5cccc(C(=O)O)n5)CC4C3)nc12. The topological polar surface area (TPSA) is 107 Å². The molecule has 0 radical (unpaired) electrons. The Morgan fingerprint density at radius 3 is 2.44 bits per heavy atom. The first kappa shape index (κ1) is 26.1. The van der Waals surface area contributed by atoms with E-state index in [9.17, 15) is 19.1 Å². The summed E-state index contributed by atoms with van der Waals surface area (Å²) in [5.41, 5.74) is 4.02. The lowest BCUT2D eigenvalue weighted by Crippen LogP contribution is -2.63. The first-order valence-electron chi connectivity index (χ1n) is 14.9. The number of carboxylic acids is 1. The Morgan fingerprint density at radius 2 is 1.74 bits per heavy atom. The number of hydrogen-bond acceptors (Lipinski definition) is 7. The van der Waals surface area contributed by atoms with Crippen LogP contribution in [-0.4, -0.2) is 80.7 Å². The second kappa shape index (κ2) is 9.48. The molecule has 6 heterocycles. The number of anilines is 2. The molecule has 1 aromatic carbocycles. The molecule has 3 aliphatic heterocycles. The molecule has 8 rings (SSSR count). The number of halogens is 1. The van der Waals surface area contributed by atoms with E-state index in [1.54, 1.807) is 22.7 Å². The number of amides is 1. The van der Waals surface area contributed by atoms with Crippen molar-refractivity contribution in [2.45, 2.75) is 25.7 Å². The van der Waals surface area contributed by atoms with Crippen LogP contribution in [0.1, 0.15) is 51.0 Å². The van der Waals surface area contributed by atoms with E-state index in [1.807, 2.05) is 30.2 Å². The summed E-state index contributed by atoms with van der Waals surface area (Å²) < 4.78 is 15.6. The van der Waals surface area contributed by atoms with Gasteiger partial charge in [-0.25, -0.2) is 23.7 Å². The molecule has 3 unspecified atom stereocenters. The van der Waals surface area contributed by atoms with Gasteiger partial charge in [-0.1, -0.05) is 18.2 Å². The minimum absolute atomic E-state index is 0.0347. The van der Waals surface area contributed by atoms with Crippen LogP contribution in [0.15, 0.2) is 54.7 Å². The number of carbonyl (C=O) groups is 2. The molecule has 4 fully saturated rings. The number of likely N-dealkylation sites (tertiary alicyclic amines) is 1. The van der Waals surface area contributed by atoms with Crippen LogP contribution >= 0.6 is 0 Å². The monoisotopic (exact) mass is 581 g/mol. The predicted molar refractivity (Wildman–Crippen MR) is 157 cm³/mol. The Labute approximate surface area is 247 Å². The highest BCUT2D eigenvalue weighted by molar-refractivity contribution is 5.91. The number of rotatable bonds is 5. The van der Waals surface area contributed by atoms with Crippen molar-refractivity contribution in [1.29, 1.82) is 0 Å². The molecule has 4 aliphatic rings. The van der Waals surface area contributed by atoms with Crippen LogP contribution in [-0.2, 0) is 0 Å². The number of nitrogens with zero attached hydrogens (tertiary/aromatic N) is 7. The van der Waals surface area contributed by atoms with Crippen LogP contribution in [0, 0.1) is 30.0 Å². The molecule has 0 bridgehead atoms. The number of carbonyl (C=O) groups excluding carboxylic acids is 1. The first-order valence-corrected chi connectivity index (χ1v) is 14.9. The number of aromatic nitrogens is 4. The number of hydrogen-bond donors (Lipinski definition) is 1. The zero-order valence-corrected chi connectivity index (χ0v) is 23.9. The van der Waals surface area contributed by atoms with Crippen molar-refractivity contribution in [3.05, 3.63) is 83.2 Å². The van der Waals surface area contributed by atoms with E-state index >= 15 is 0 Å². The zero-order chi connectivity index (χ0) is 29.5. The third-order valence-corrected chi connectivity index (χ3v) is 10.1. The molecule has 3 saturated heterocycles. The second-order valence-electron chi connectivity index (χ2n) is 12.8. The number of benzene rings is 1. The zero-order valence-electron chi connectivity index (χ0n) is 23.9. The van der Waals surface area contributed by atoms with Crippen molar-refractivity contribution < 1.29 is 19.1 Å². The molecule has 43 heavy (non-hydrogen) atoms. The maximum absolute atomic E-state index is 13.9. The second-order valence-corrected chi connectivity index (χ2v) is 12.8. The first-order chi connectivity index (χ1) is 20.8. The Bertz CT molecular complexity index is 1770. The van der Waals surface area contributed by atoms with Crippen molar-refractivity contribution in [1.82, 2.24) is 24.5 Å². The Hall–Kier alpha value is -4.54. The normalized spacial score (nSPS) is 23.9. The lowest BCUT2D eigenvalue weighted by atomic mass is 9.53. The third-order valence-electron chi connectivity index (χ3n) is 10.1. The van der Waals surface area contributed by atoms with Crippen molar-refractivity contribution in [2.75, 3.05) is 49.1 Å². The largest absolute Gasteiger partial charge is 0.477 e. The summed E-state index contributed by atoms with van der Waals surface area (Å²) in [5, 5.41) is 13.9. The number of aromatic carboxylic acids is 1. The maximum atomic E-state index is 13.9. The van der Waals surface area contributed by atoms with Crippen LogP contribution in [0.3, 0.4) is 0 Å². The molecule has 10 nitrogen and oxygen atoms in total. The van der Waals surface area contributed by atoms with Gasteiger partial charge in [0.15, 0.2) is 11.3 Å². The number of aryl methyl sites for hydroxylation is 1. The lowest BCUT2D eigenvalue weighted by Gasteiger charge is -2.61. The molecule has 1 saturated carbocycles. The van der Waals surface area contributed by atoms with Gasteiger partial charge in [0.05, 0.1) is 11.9 Å².